The summed E-state index contributed by atoms with van der Waals surface area (Å²) in [7, 11) is -2.36. The highest BCUT2D eigenvalue weighted by molar-refractivity contribution is 6.69. The summed E-state index contributed by atoms with van der Waals surface area (Å²) in [5.74, 6) is -0.161. The molecular formula is C12H17F3N2O2Si. The SMILES string of the molecule is C[Si](C)(C)OC(c1ccc(/C(N)=N/O)cc1)C(F)(F)F. The molecule has 112 valence electrons. The summed E-state index contributed by atoms with van der Waals surface area (Å²) in [6.07, 6.45) is -6.45. The molecule has 0 aromatic heterocycles. The van der Waals surface area contributed by atoms with Gasteiger partial charge in [0.1, 0.15) is 0 Å². The van der Waals surface area contributed by atoms with Crippen molar-refractivity contribution in [2.75, 3.05) is 0 Å². The van der Waals surface area contributed by atoms with E-state index in [0.29, 0.717) is 5.56 Å². The van der Waals surface area contributed by atoms with Crippen molar-refractivity contribution in [1.82, 2.24) is 0 Å². The molecule has 4 nitrogen and oxygen atoms in total. The van der Waals surface area contributed by atoms with E-state index in [-0.39, 0.29) is 11.4 Å². The Morgan fingerprint density at radius 3 is 2.10 bits per heavy atom. The molecule has 1 unspecified atom stereocenters. The van der Waals surface area contributed by atoms with Crippen LogP contribution in [0.15, 0.2) is 29.4 Å². The minimum absolute atomic E-state index is 0.00517. The number of nitrogens with two attached hydrogens (primary N) is 1. The van der Waals surface area contributed by atoms with Crippen LogP contribution in [0.25, 0.3) is 0 Å². The van der Waals surface area contributed by atoms with Crippen LogP contribution in [0.1, 0.15) is 17.2 Å². The van der Waals surface area contributed by atoms with E-state index in [0.717, 1.165) is 0 Å². The van der Waals surface area contributed by atoms with Crippen LogP contribution in [0.3, 0.4) is 0 Å². The predicted molar refractivity (Wildman–Crippen MR) is 72.2 cm³/mol. The first-order valence-corrected chi connectivity index (χ1v) is 9.28. The van der Waals surface area contributed by atoms with E-state index in [1.54, 1.807) is 19.6 Å². The molecule has 0 amide bonds. The fraction of sp³-hybridized carbons (Fsp3) is 0.417. The zero-order chi connectivity index (χ0) is 15.6. The molecule has 8 heteroatoms. The molecule has 0 aliphatic rings. The maximum absolute atomic E-state index is 13.1. The lowest BCUT2D eigenvalue weighted by Gasteiger charge is -2.28. The summed E-state index contributed by atoms with van der Waals surface area (Å²) in [5, 5.41) is 11.3. The van der Waals surface area contributed by atoms with Gasteiger partial charge in [-0.1, -0.05) is 29.4 Å². The molecule has 1 rings (SSSR count). The summed E-state index contributed by atoms with van der Waals surface area (Å²) >= 11 is 0. The van der Waals surface area contributed by atoms with Crippen LogP contribution < -0.4 is 5.73 Å². The number of rotatable bonds is 4. The second-order valence-corrected chi connectivity index (χ2v) is 9.72. The van der Waals surface area contributed by atoms with Gasteiger partial charge in [-0.15, -0.1) is 0 Å². The molecule has 1 aromatic carbocycles. The minimum atomic E-state index is -4.49. The van der Waals surface area contributed by atoms with Gasteiger partial charge in [-0.25, -0.2) is 0 Å². The summed E-state index contributed by atoms with van der Waals surface area (Å²) in [6, 6.07) is 5.25. The quantitative estimate of drug-likeness (QED) is 0.295. The van der Waals surface area contributed by atoms with Gasteiger partial charge in [0, 0.05) is 5.56 Å². The van der Waals surface area contributed by atoms with E-state index < -0.39 is 20.6 Å². The fourth-order valence-corrected chi connectivity index (χ4v) is 2.54. The standard InChI is InChI=1S/C12H17F3N2O2Si/c1-20(2,3)19-10(12(13,14)15)8-4-6-9(7-5-8)11(16)17-18/h4-7,10,18H,1-3H3,(H2,16,17). The van der Waals surface area contributed by atoms with Gasteiger partial charge in [0.15, 0.2) is 20.3 Å². The van der Waals surface area contributed by atoms with Crippen LogP contribution in [-0.4, -0.2) is 25.5 Å². The first-order valence-electron chi connectivity index (χ1n) is 5.87. The van der Waals surface area contributed by atoms with Gasteiger partial charge >= 0.3 is 6.18 Å². The zero-order valence-electron chi connectivity index (χ0n) is 11.4. The van der Waals surface area contributed by atoms with Gasteiger partial charge in [0.25, 0.3) is 0 Å². The molecule has 0 heterocycles. The monoisotopic (exact) mass is 306 g/mol. The third-order valence-corrected chi connectivity index (χ3v) is 3.33. The highest BCUT2D eigenvalue weighted by Crippen LogP contribution is 2.37. The molecule has 1 atom stereocenters. The maximum atomic E-state index is 13.1. The Morgan fingerprint density at radius 2 is 1.75 bits per heavy atom. The first-order chi connectivity index (χ1) is 9.04. The average Bonchev–Trinajstić information content (AvgIpc) is 2.33. The van der Waals surface area contributed by atoms with E-state index in [4.69, 9.17) is 15.4 Å². The van der Waals surface area contributed by atoms with E-state index in [1.165, 1.54) is 24.3 Å². The van der Waals surface area contributed by atoms with Crippen molar-refractivity contribution in [3.8, 4) is 0 Å². The number of amidine groups is 1. The lowest BCUT2D eigenvalue weighted by Crippen LogP contribution is -2.35. The summed E-state index contributed by atoms with van der Waals surface area (Å²) < 4.78 is 44.4. The number of alkyl halides is 3. The molecule has 0 saturated heterocycles. The molecule has 0 radical (unpaired) electrons. The van der Waals surface area contributed by atoms with Crippen LogP contribution >= 0.6 is 0 Å². The van der Waals surface area contributed by atoms with Crippen molar-refractivity contribution in [1.29, 1.82) is 0 Å². The van der Waals surface area contributed by atoms with Crippen molar-refractivity contribution in [2.45, 2.75) is 31.9 Å². The molecule has 0 spiro atoms. The van der Waals surface area contributed by atoms with Crippen LogP contribution in [0, 0.1) is 0 Å². The Labute approximate surface area is 116 Å². The zero-order valence-corrected chi connectivity index (χ0v) is 12.4. The largest absolute Gasteiger partial charge is 0.417 e. The fourth-order valence-electron chi connectivity index (χ4n) is 1.56. The Bertz CT molecular complexity index is 481. The molecule has 1 aromatic rings. The normalized spacial score (nSPS) is 15.2. The number of nitrogens with zero attached hydrogens (tertiary/aromatic N) is 1. The predicted octanol–water partition coefficient (Wildman–Crippen LogP) is 3.24. The molecule has 0 aliphatic heterocycles. The van der Waals surface area contributed by atoms with E-state index in [9.17, 15) is 13.2 Å². The Balaban J connectivity index is 3.10. The summed E-state index contributed by atoms with van der Waals surface area (Å²) in [6.45, 7) is 5.07. The summed E-state index contributed by atoms with van der Waals surface area (Å²) in [5.41, 5.74) is 5.69. The van der Waals surface area contributed by atoms with Gasteiger partial charge in [0.2, 0.25) is 0 Å². The molecule has 0 bridgehead atoms. The van der Waals surface area contributed by atoms with Crippen LogP contribution in [0.2, 0.25) is 19.6 Å². The van der Waals surface area contributed by atoms with Crippen LogP contribution in [0.4, 0.5) is 13.2 Å². The van der Waals surface area contributed by atoms with Crippen LogP contribution in [-0.2, 0) is 4.43 Å². The third-order valence-electron chi connectivity index (χ3n) is 2.39. The topological polar surface area (TPSA) is 67.8 Å². The van der Waals surface area contributed by atoms with Gasteiger partial charge in [-0.2, -0.15) is 13.2 Å². The van der Waals surface area contributed by atoms with Gasteiger partial charge in [0.05, 0.1) is 0 Å². The lowest BCUT2D eigenvalue weighted by molar-refractivity contribution is -0.200. The van der Waals surface area contributed by atoms with Crippen molar-refractivity contribution < 1.29 is 22.8 Å². The smallest absolute Gasteiger partial charge is 0.409 e. The van der Waals surface area contributed by atoms with Crippen molar-refractivity contribution in [3.05, 3.63) is 35.4 Å². The number of oxime groups is 1. The molecule has 20 heavy (non-hydrogen) atoms. The molecule has 0 aliphatic carbocycles. The summed E-state index contributed by atoms with van der Waals surface area (Å²) in [4.78, 5) is 0. The number of benzene rings is 1. The average molecular weight is 306 g/mol. The van der Waals surface area contributed by atoms with Crippen LogP contribution in [0.5, 0.6) is 0 Å². The Hall–Kier alpha value is -1.54. The highest BCUT2D eigenvalue weighted by atomic mass is 28.4. The van der Waals surface area contributed by atoms with Crippen molar-refractivity contribution in [2.24, 2.45) is 10.9 Å². The molecule has 0 saturated carbocycles. The minimum Gasteiger partial charge on any atom is -0.409 e. The lowest BCUT2D eigenvalue weighted by atomic mass is 10.1. The Morgan fingerprint density at radius 1 is 1.25 bits per heavy atom. The maximum Gasteiger partial charge on any atom is 0.417 e. The van der Waals surface area contributed by atoms with Gasteiger partial charge in [-0.3, -0.25) is 0 Å². The van der Waals surface area contributed by atoms with E-state index in [1.807, 2.05) is 0 Å². The highest BCUT2D eigenvalue weighted by Gasteiger charge is 2.44. The van der Waals surface area contributed by atoms with E-state index >= 15 is 0 Å². The second-order valence-electron chi connectivity index (χ2n) is 5.26. The van der Waals surface area contributed by atoms with Crippen molar-refractivity contribution >= 4 is 14.2 Å². The van der Waals surface area contributed by atoms with Crippen molar-refractivity contribution in [3.63, 3.8) is 0 Å². The number of halogens is 3. The van der Waals surface area contributed by atoms with E-state index in [2.05, 4.69) is 5.16 Å². The molecular weight excluding hydrogens is 289 g/mol. The first kappa shape index (κ1) is 16.5. The second kappa shape index (κ2) is 5.84. The van der Waals surface area contributed by atoms with Gasteiger partial charge < -0.3 is 15.4 Å². The third kappa shape index (κ3) is 4.53. The van der Waals surface area contributed by atoms with Gasteiger partial charge in [-0.05, 0) is 25.2 Å². The Kier molecular flexibility index (Phi) is 4.82. The number of hydrogen-bond donors (Lipinski definition) is 2. The number of hydrogen-bond acceptors (Lipinski definition) is 3. The molecule has 0 fully saturated rings. The molecule has 3 N–H and O–H groups in total.